The molecule has 17 heavy (non-hydrogen) atoms. The third kappa shape index (κ3) is 2.89. The summed E-state index contributed by atoms with van der Waals surface area (Å²) in [6.45, 7) is 3.99. The van der Waals surface area contributed by atoms with Gasteiger partial charge in [-0.05, 0) is 29.5 Å². The molecule has 0 aliphatic heterocycles. The van der Waals surface area contributed by atoms with E-state index in [1.54, 1.807) is 0 Å². The Hall–Kier alpha value is -1.28. The van der Waals surface area contributed by atoms with E-state index in [0.29, 0.717) is 6.54 Å². The van der Waals surface area contributed by atoms with Crippen LogP contribution in [0, 0.1) is 0 Å². The van der Waals surface area contributed by atoms with Gasteiger partial charge in [-0.3, -0.25) is 0 Å². The zero-order valence-electron chi connectivity index (χ0n) is 10.7. The lowest BCUT2D eigenvalue weighted by Gasteiger charge is -2.06. The van der Waals surface area contributed by atoms with Gasteiger partial charge in [0.2, 0.25) is 0 Å². The fourth-order valence-electron chi connectivity index (χ4n) is 2.26. The normalized spacial score (nSPS) is 11.2. The van der Waals surface area contributed by atoms with Crippen LogP contribution in [0.5, 0.6) is 0 Å². The van der Waals surface area contributed by atoms with E-state index < -0.39 is 0 Å². The number of benzene rings is 1. The molecule has 0 aliphatic carbocycles. The third-order valence-electron chi connectivity index (χ3n) is 3.33. The summed E-state index contributed by atoms with van der Waals surface area (Å²) < 4.78 is 2.35. The van der Waals surface area contributed by atoms with Crippen LogP contribution in [0.2, 0.25) is 0 Å². The monoisotopic (exact) mass is 230 g/mol. The van der Waals surface area contributed by atoms with E-state index in [1.165, 1.54) is 42.1 Å². The Labute approximate surface area is 103 Å². The van der Waals surface area contributed by atoms with Crippen LogP contribution in [0.4, 0.5) is 0 Å². The molecule has 0 radical (unpaired) electrons. The summed E-state index contributed by atoms with van der Waals surface area (Å²) >= 11 is 0. The molecule has 1 aromatic heterocycles. The highest BCUT2D eigenvalue weighted by Gasteiger charge is 2.01. The molecule has 2 heteroatoms. The molecule has 0 aliphatic rings. The number of aryl methyl sites for hydroxylation is 1. The van der Waals surface area contributed by atoms with Crippen molar-refractivity contribution in [3.05, 3.63) is 36.0 Å². The summed E-state index contributed by atoms with van der Waals surface area (Å²) in [6, 6.07) is 8.69. The molecular formula is C15H22N2. The molecule has 0 spiro atoms. The second-order valence-corrected chi connectivity index (χ2v) is 4.67. The summed E-state index contributed by atoms with van der Waals surface area (Å²) in [5.41, 5.74) is 8.23. The average Bonchev–Trinajstić information content (AvgIpc) is 2.77. The number of hydrogen-bond acceptors (Lipinski definition) is 1. The highest BCUT2D eigenvalue weighted by atomic mass is 14.9. The van der Waals surface area contributed by atoms with Crippen molar-refractivity contribution >= 4 is 10.9 Å². The highest BCUT2D eigenvalue weighted by molar-refractivity contribution is 5.80. The maximum Gasteiger partial charge on any atom is 0.0483 e. The van der Waals surface area contributed by atoms with Gasteiger partial charge in [-0.25, -0.2) is 0 Å². The van der Waals surface area contributed by atoms with E-state index in [-0.39, 0.29) is 0 Å². The van der Waals surface area contributed by atoms with E-state index in [4.69, 9.17) is 5.73 Å². The van der Waals surface area contributed by atoms with Crippen LogP contribution in [0.1, 0.15) is 38.2 Å². The first-order valence-corrected chi connectivity index (χ1v) is 6.63. The fraction of sp³-hybridized carbons (Fsp3) is 0.467. The molecule has 2 N–H and O–H groups in total. The first kappa shape index (κ1) is 12.2. The molecule has 0 unspecified atom stereocenters. The topological polar surface area (TPSA) is 30.9 Å². The van der Waals surface area contributed by atoms with Crippen molar-refractivity contribution < 1.29 is 0 Å². The quantitative estimate of drug-likeness (QED) is 0.754. The summed E-state index contributed by atoms with van der Waals surface area (Å²) in [4.78, 5) is 0. The molecular weight excluding hydrogens is 208 g/mol. The van der Waals surface area contributed by atoms with E-state index in [0.717, 1.165) is 6.54 Å². The van der Waals surface area contributed by atoms with Gasteiger partial charge >= 0.3 is 0 Å². The zero-order chi connectivity index (χ0) is 12.1. The van der Waals surface area contributed by atoms with Crippen molar-refractivity contribution in [3.63, 3.8) is 0 Å². The second kappa shape index (κ2) is 5.87. The largest absolute Gasteiger partial charge is 0.347 e. The summed E-state index contributed by atoms with van der Waals surface area (Å²) in [5, 5.41) is 1.32. The van der Waals surface area contributed by atoms with Gasteiger partial charge in [-0.1, -0.05) is 38.3 Å². The highest BCUT2D eigenvalue weighted by Crippen LogP contribution is 2.18. The lowest BCUT2D eigenvalue weighted by atomic mass is 10.1. The smallest absolute Gasteiger partial charge is 0.0483 e. The Morgan fingerprint density at radius 2 is 2.00 bits per heavy atom. The van der Waals surface area contributed by atoms with Gasteiger partial charge in [0, 0.05) is 24.8 Å². The van der Waals surface area contributed by atoms with Gasteiger partial charge in [0.15, 0.2) is 0 Å². The van der Waals surface area contributed by atoms with Crippen molar-refractivity contribution in [2.75, 3.05) is 0 Å². The van der Waals surface area contributed by atoms with Gasteiger partial charge in [0.05, 0.1) is 0 Å². The third-order valence-corrected chi connectivity index (χ3v) is 3.33. The first-order chi connectivity index (χ1) is 8.35. The minimum Gasteiger partial charge on any atom is -0.347 e. The lowest BCUT2D eigenvalue weighted by molar-refractivity contribution is 0.593. The molecule has 92 valence electrons. The van der Waals surface area contributed by atoms with Gasteiger partial charge in [-0.2, -0.15) is 0 Å². The number of unbranched alkanes of at least 4 members (excludes halogenated alkanes) is 3. The molecule has 0 saturated heterocycles. The van der Waals surface area contributed by atoms with Gasteiger partial charge in [-0.15, -0.1) is 0 Å². The van der Waals surface area contributed by atoms with E-state index >= 15 is 0 Å². The van der Waals surface area contributed by atoms with Crippen LogP contribution in [-0.2, 0) is 13.1 Å². The molecule has 2 nitrogen and oxygen atoms in total. The van der Waals surface area contributed by atoms with Gasteiger partial charge in [0.1, 0.15) is 0 Å². The Morgan fingerprint density at radius 3 is 2.76 bits per heavy atom. The van der Waals surface area contributed by atoms with Crippen LogP contribution in [0.25, 0.3) is 10.9 Å². The minimum absolute atomic E-state index is 0.622. The molecule has 2 aromatic rings. The minimum atomic E-state index is 0.622. The molecule has 0 saturated carbocycles. The molecule has 1 aromatic carbocycles. The lowest BCUT2D eigenvalue weighted by Crippen LogP contribution is -1.99. The fourth-order valence-corrected chi connectivity index (χ4v) is 2.26. The molecule has 0 bridgehead atoms. The zero-order valence-corrected chi connectivity index (χ0v) is 10.7. The second-order valence-electron chi connectivity index (χ2n) is 4.67. The molecule has 1 heterocycles. The molecule has 0 fully saturated rings. The number of aromatic nitrogens is 1. The molecule has 0 atom stereocenters. The maximum atomic E-state index is 5.69. The summed E-state index contributed by atoms with van der Waals surface area (Å²) in [7, 11) is 0. The van der Waals surface area contributed by atoms with Crippen LogP contribution in [0.15, 0.2) is 30.5 Å². The van der Waals surface area contributed by atoms with Gasteiger partial charge in [0.25, 0.3) is 0 Å². The Bertz CT molecular complexity index is 471. The van der Waals surface area contributed by atoms with Crippen LogP contribution >= 0.6 is 0 Å². The molecule has 2 rings (SSSR count). The van der Waals surface area contributed by atoms with Crippen molar-refractivity contribution in [1.29, 1.82) is 0 Å². The van der Waals surface area contributed by atoms with E-state index in [1.807, 2.05) is 0 Å². The standard InChI is InChI=1S/C15H22N2/c1-2-3-4-5-9-17-10-8-14-7-6-13(12-16)11-15(14)17/h6-8,10-11H,2-5,9,12,16H2,1H3. The summed E-state index contributed by atoms with van der Waals surface area (Å²) in [6.07, 6.45) is 7.42. The van der Waals surface area contributed by atoms with E-state index in [9.17, 15) is 0 Å². The maximum absolute atomic E-state index is 5.69. The van der Waals surface area contributed by atoms with Gasteiger partial charge < -0.3 is 10.3 Å². The van der Waals surface area contributed by atoms with Crippen LogP contribution < -0.4 is 5.73 Å². The number of nitrogens with two attached hydrogens (primary N) is 1. The van der Waals surface area contributed by atoms with E-state index in [2.05, 4.69) is 42.0 Å². The SMILES string of the molecule is CCCCCCn1ccc2ccc(CN)cc21. The Balaban J connectivity index is 2.11. The number of rotatable bonds is 6. The average molecular weight is 230 g/mol. The van der Waals surface area contributed by atoms with Crippen molar-refractivity contribution in [2.45, 2.75) is 45.7 Å². The predicted octanol–water partition coefficient (Wildman–Crippen LogP) is 3.68. The first-order valence-electron chi connectivity index (χ1n) is 6.63. The van der Waals surface area contributed by atoms with Crippen molar-refractivity contribution in [2.24, 2.45) is 5.73 Å². The van der Waals surface area contributed by atoms with Crippen LogP contribution in [0.3, 0.4) is 0 Å². The predicted molar refractivity (Wildman–Crippen MR) is 74.0 cm³/mol. The summed E-state index contributed by atoms with van der Waals surface area (Å²) in [5.74, 6) is 0. The number of fused-ring (bicyclic) bond motifs is 1. The van der Waals surface area contributed by atoms with Crippen molar-refractivity contribution in [3.8, 4) is 0 Å². The van der Waals surface area contributed by atoms with Crippen molar-refractivity contribution in [1.82, 2.24) is 4.57 Å². The number of nitrogens with zero attached hydrogens (tertiary/aromatic N) is 1. The molecule has 0 amide bonds. The Kier molecular flexibility index (Phi) is 4.21. The number of hydrogen-bond donors (Lipinski definition) is 1. The van der Waals surface area contributed by atoms with Crippen LogP contribution in [-0.4, -0.2) is 4.57 Å². The Morgan fingerprint density at radius 1 is 1.12 bits per heavy atom.